The largest absolute Gasteiger partial charge is 0.395 e. The van der Waals surface area contributed by atoms with Gasteiger partial charge in [-0.3, -0.25) is 0 Å². The van der Waals surface area contributed by atoms with Gasteiger partial charge in [0, 0.05) is 24.8 Å². The molecule has 0 radical (unpaired) electrons. The van der Waals surface area contributed by atoms with Crippen LogP contribution < -0.4 is 4.90 Å². The highest BCUT2D eigenvalue weighted by atomic mass is 16.3. The summed E-state index contributed by atoms with van der Waals surface area (Å²) in [6, 6.07) is 1.82. The Morgan fingerprint density at radius 1 is 1.21 bits per heavy atom. The summed E-state index contributed by atoms with van der Waals surface area (Å²) in [5, 5.41) is 17.7. The van der Waals surface area contributed by atoms with E-state index in [-0.39, 0.29) is 13.2 Å². The molecule has 0 atom stereocenters. The van der Waals surface area contributed by atoms with E-state index in [2.05, 4.69) is 9.97 Å². The van der Waals surface area contributed by atoms with Gasteiger partial charge in [0.1, 0.15) is 12.1 Å². The second kappa shape index (κ2) is 5.51. The molecule has 1 heterocycles. The lowest BCUT2D eigenvalue weighted by Gasteiger charge is -2.21. The third-order valence-corrected chi connectivity index (χ3v) is 1.85. The zero-order valence-electron chi connectivity index (χ0n) is 8.22. The van der Waals surface area contributed by atoms with Crippen LogP contribution in [0.15, 0.2) is 12.4 Å². The lowest BCUT2D eigenvalue weighted by molar-refractivity contribution is 0.280. The van der Waals surface area contributed by atoms with E-state index < -0.39 is 0 Å². The second-order valence-corrected chi connectivity index (χ2v) is 2.95. The van der Waals surface area contributed by atoms with Crippen LogP contribution in [0.5, 0.6) is 0 Å². The number of hydrogen-bond acceptors (Lipinski definition) is 5. The van der Waals surface area contributed by atoms with Gasteiger partial charge in [-0.15, -0.1) is 0 Å². The maximum Gasteiger partial charge on any atom is 0.132 e. The highest BCUT2D eigenvalue weighted by Gasteiger charge is 2.06. The molecule has 14 heavy (non-hydrogen) atoms. The Morgan fingerprint density at radius 3 is 2.36 bits per heavy atom. The van der Waals surface area contributed by atoms with Crippen molar-refractivity contribution >= 4 is 5.82 Å². The van der Waals surface area contributed by atoms with Gasteiger partial charge in [-0.25, -0.2) is 9.97 Å². The summed E-state index contributed by atoms with van der Waals surface area (Å²) in [6.45, 7) is 2.90. The third kappa shape index (κ3) is 2.93. The van der Waals surface area contributed by atoms with Crippen molar-refractivity contribution in [2.45, 2.75) is 6.92 Å². The molecule has 0 amide bonds. The zero-order chi connectivity index (χ0) is 10.4. The number of aliphatic hydroxyl groups excluding tert-OH is 2. The van der Waals surface area contributed by atoms with E-state index in [1.165, 1.54) is 6.33 Å². The van der Waals surface area contributed by atoms with E-state index in [1.807, 2.05) is 17.9 Å². The fourth-order valence-corrected chi connectivity index (χ4v) is 1.20. The summed E-state index contributed by atoms with van der Waals surface area (Å²) in [4.78, 5) is 9.86. The molecule has 0 aliphatic rings. The van der Waals surface area contributed by atoms with E-state index in [1.54, 1.807) is 0 Å². The molecule has 1 aromatic heterocycles. The van der Waals surface area contributed by atoms with Crippen LogP contribution in [0.3, 0.4) is 0 Å². The lowest BCUT2D eigenvalue weighted by atomic mass is 10.4. The van der Waals surface area contributed by atoms with Gasteiger partial charge in [0.15, 0.2) is 0 Å². The molecule has 2 N–H and O–H groups in total. The number of aryl methyl sites for hydroxylation is 1. The van der Waals surface area contributed by atoms with Gasteiger partial charge in [0.25, 0.3) is 0 Å². The molecular weight excluding hydrogens is 182 g/mol. The van der Waals surface area contributed by atoms with Crippen LogP contribution in [0, 0.1) is 6.92 Å². The summed E-state index contributed by atoms with van der Waals surface area (Å²) in [5.41, 5.74) is 0.871. The van der Waals surface area contributed by atoms with Crippen LogP contribution in [-0.4, -0.2) is 46.5 Å². The van der Waals surface area contributed by atoms with Gasteiger partial charge < -0.3 is 15.1 Å². The van der Waals surface area contributed by atoms with Gasteiger partial charge in [-0.2, -0.15) is 0 Å². The molecule has 0 saturated heterocycles. The smallest absolute Gasteiger partial charge is 0.132 e. The SMILES string of the molecule is Cc1cc(N(CCO)CCO)ncn1. The van der Waals surface area contributed by atoms with Gasteiger partial charge in [0.2, 0.25) is 0 Å². The van der Waals surface area contributed by atoms with Crippen molar-refractivity contribution in [3.63, 3.8) is 0 Å². The highest BCUT2D eigenvalue weighted by Crippen LogP contribution is 2.09. The molecule has 0 aromatic carbocycles. The van der Waals surface area contributed by atoms with E-state index in [9.17, 15) is 0 Å². The van der Waals surface area contributed by atoms with Crippen LogP contribution in [-0.2, 0) is 0 Å². The van der Waals surface area contributed by atoms with Crippen LogP contribution in [0.1, 0.15) is 5.69 Å². The predicted molar refractivity (Wildman–Crippen MR) is 53.2 cm³/mol. The fraction of sp³-hybridized carbons (Fsp3) is 0.556. The first-order valence-electron chi connectivity index (χ1n) is 4.53. The summed E-state index contributed by atoms with van der Waals surface area (Å²) in [7, 11) is 0. The Balaban J connectivity index is 2.75. The Labute approximate surface area is 83.0 Å². The quantitative estimate of drug-likeness (QED) is 0.670. The Kier molecular flexibility index (Phi) is 4.28. The standard InChI is InChI=1S/C9H15N3O2/c1-8-6-9(11-7-10-8)12(2-4-13)3-5-14/h6-7,13-14H,2-5H2,1H3. The molecule has 0 saturated carbocycles. The van der Waals surface area contributed by atoms with Gasteiger partial charge in [-0.05, 0) is 6.92 Å². The molecule has 0 aliphatic carbocycles. The predicted octanol–water partition coefficient (Wildman–Crippen LogP) is -0.424. The van der Waals surface area contributed by atoms with Crippen molar-refractivity contribution in [3.8, 4) is 0 Å². The first kappa shape index (κ1) is 10.9. The topological polar surface area (TPSA) is 69.5 Å². The zero-order valence-corrected chi connectivity index (χ0v) is 8.22. The number of nitrogens with zero attached hydrogens (tertiary/aromatic N) is 3. The summed E-state index contributed by atoms with van der Waals surface area (Å²) < 4.78 is 0. The maximum absolute atomic E-state index is 8.83. The van der Waals surface area contributed by atoms with Crippen molar-refractivity contribution in [1.29, 1.82) is 0 Å². The number of aromatic nitrogens is 2. The molecule has 1 aromatic rings. The van der Waals surface area contributed by atoms with Crippen molar-refractivity contribution < 1.29 is 10.2 Å². The Hall–Kier alpha value is -1.20. The molecule has 0 fully saturated rings. The van der Waals surface area contributed by atoms with Gasteiger partial charge in [-0.1, -0.05) is 0 Å². The number of hydrogen-bond donors (Lipinski definition) is 2. The average molecular weight is 197 g/mol. The first-order valence-corrected chi connectivity index (χ1v) is 4.53. The minimum absolute atomic E-state index is 0.0447. The van der Waals surface area contributed by atoms with Crippen LogP contribution >= 0.6 is 0 Å². The maximum atomic E-state index is 8.83. The van der Waals surface area contributed by atoms with Crippen molar-refractivity contribution in [3.05, 3.63) is 18.1 Å². The second-order valence-electron chi connectivity index (χ2n) is 2.95. The number of aliphatic hydroxyl groups is 2. The van der Waals surface area contributed by atoms with Crippen LogP contribution in [0.25, 0.3) is 0 Å². The monoisotopic (exact) mass is 197 g/mol. The molecule has 0 unspecified atom stereocenters. The summed E-state index contributed by atoms with van der Waals surface area (Å²) in [5.74, 6) is 0.737. The Bertz CT molecular complexity index is 275. The number of rotatable bonds is 5. The molecular formula is C9H15N3O2. The highest BCUT2D eigenvalue weighted by molar-refractivity contribution is 5.38. The molecule has 1 rings (SSSR count). The molecule has 5 heteroatoms. The minimum atomic E-state index is 0.0447. The normalized spacial score (nSPS) is 10.2. The fourth-order valence-electron chi connectivity index (χ4n) is 1.20. The Morgan fingerprint density at radius 2 is 1.86 bits per heavy atom. The number of anilines is 1. The van der Waals surface area contributed by atoms with Gasteiger partial charge >= 0.3 is 0 Å². The van der Waals surface area contributed by atoms with Crippen LogP contribution in [0.2, 0.25) is 0 Å². The molecule has 0 bridgehead atoms. The van der Waals surface area contributed by atoms with E-state index in [4.69, 9.17) is 10.2 Å². The van der Waals surface area contributed by atoms with Crippen molar-refractivity contribution in [1.82, 2.24) is 9.97 Å². The van der Waals surface area contributed by atoms with E-state index >= 15 is 0 Å². The van der Waals surface area contributed by atoms with Crippen molar-refractivity contribution in [2.75, 3.05) is 31.2 Å². The lowest BCUT2D eigenvalue weighted by Crippen LogP contribution is -2.30. The van der Waals surface area contributed by atoms with Gasteiger partial charge in [0.05, 0.1) is 13.2 Å². The molecule has 0 spiro atoms. The minimum Gasteiger partial charge on any atom is -0.395 e. The van der Waals surface area contributed by atoms with Crippen LogP contribution in [0.4, 0.5) is 5.82 Å². The average Bonchev–Trinajstić information content (AvgIpc) is 2.17. The summed E-state index contributed by atoms with van der Waals surface area (Å²) in [6.07, 6.45) is 1.48. The molecule has 0 aliphatic heterocycles. The van der Waals surface area contributed by atoms with E-state index in [0.717, 1.165) is 11.5 Å². The molecule has 5 nitrogen and oxygen atoms in total. The van der Waals surface area contributed by atoms with E-state index in [0.29, 0.717) is 13.1 Å². The molecule has 78 valence electrons. The third-order valence-electron chi connectivity index (χ3n) is 1.85. The summed E-state index contributed by atoms with van der Waals surface area (Å²) >= 11 is 0. The van der Waals surface area contributed by atoms with Crippen molar-refractivity contribution in [2.24, 2.45) is 0 Å². The first-order chi connectivity index (χ1) is 6.77.